The first-order valence-electron chi connectivity index (χ1n) is 8.03. The maximum absolute atomic E-state index is 12.8. The van der Waals surface area contributed by atoms with Gasteiger partial charge in [0.2, 0.25) is 11.8 Å². The van der Waals surface area contributed by atoms with Gasteiger partial charge in [0.25, 0.3) is 0 Å². The first-order valence-corrected chi connectivity index (χ1v) is 9.72. The largest absolute Gasteiger partial charge is 0.468 e. The molecule has 2 saturated carbocycles. The molecule has 3 heterocycles. The highest BCUT2D eigenvalue weighted by atomic mass is 32.2. The number of likely N-dealkylation sites (tertiary alicyclic amines) is 1. The molecule has 2 bridgehead atoms. The fourth-order valence-corrected chi connectivity index (χ4v) is 7.27. The Hall–Kier alpha value is -1.87. The molecule has 5 atom stereocenters. The van der Waals surface area contributed by atoms with Crippen molar-refractivity contribution in [2.75, 3.05) is 13.7 Å². The summed E-state index contributed by atoms with van der Waals surface area (Å²) in [7, 11) is 1.24. The summed E-state index contributed by atoms with van der Waals surface area (Å²) in [6, 6.07) is 0. The van der Waals surface area contributed by atoms with E-state index in [4.69, 9.17) is 0 Å². The number of thioether (sulfide) groups is 1. The van der Waals surface area contributed by atoms with E-state index in [1.165, 1.54) is 24.0 Å². The molecule has 0 unspecified atom stereocenters. The van der Waals surface area contributed by atoms with Gasteiger partial charge in [-0.25, -0.2) is 0 Å². The average Bonchev–Trinajstić information content (AvgIpc) is 3.29. The van der Waals surface area contributed by atoms with Crippen molar-refractivity contribution in [1.82, 2.24) is 9.88 Å². The molecule has 0 radical (unpaired) electrons. The summed E-state index contributed by atoms with van der Waals surface area (Å²) in [5.41, 5.74) is 1.17. The Balaban J connectivity index is 1.51. The number of thiazole rings is 1. The predicted octanol–water partition coefficient (Wildman–Crippen LogP) is 0.718. The molecule has 2 aliphatic heterocycles. The number of H-pyrrole nitrogens is 1. The van der Waals surface area contributed by atoms with Crippen molar-refractivity contribution >= 4 is 47.0 Å². The smallest absolute Gasteiger partial charge is 0.325 e. The van der Waals surface area contributed by atoms with Gasteiger partial charge in [-0.2, -0.15) is 0 Å². The number of hydrogen-bond donors (Lipinski definition) is 1. The van der Waals surface area contributed by atoms with Crippen LogP contribution in [0.4, 0.5) is 0 Å². The predicted molar refractivity (Wildman–Crippen MR) is 89.9 cm³/mol. The van der Waals surface area contributed by atoms with Crippen molar-refractivity contribution in [3.8, 4) is 0 Å². The van der Waals surface area contributed by atoms with E-state index in [2.05, 4.69) is 9.72 Å². The average molecular weight is 378 g/mol. The third-order valence-corrected chi connectivity index (χ3v) is 8.15. The lowest BCUT2D eigenvalue weighted by Crippen LogP contribution is -2.37. The van der Waals surface area contributed by atoms with Gasteiger partial charge in [0.1, 0.15) is 6.54 Å². The van der Waals surface area contributed by atoms with Crippen LogP contribution in [0.2, 0.25) is 0 Å². The van der Waals surface area contributed by atoms with Gasteiger partial charge in [0.05, 0.1) is 28.8 Å². The van der Waals surface area contributed by atoms with Crippen LogP contribution in [0.15, 0.2) is 15.4 Å². The minimum Gasteiger partial charge on any atom is -0.468 e. The van der Waals surface area contributed by atoms with E-state index in [1.807, 2.05) is 6.08 Å². The Bertz CT molecular complexity index is 916. The molecule has 9 heteroatoms. The standard InChI is InChI=1S/C16H14N2O5S2/c1-23-9(19)4-18-14(20)10-5-2-7(11(10)15(18)21)12-6(5)3-8-13(25-12)17-16(22)24-8/h3,5,7,10-12H,2,4H2,1H3,(H,17,22)/t5-,7+,10+,11-,12-/m0/s1. The third kappa shape index (κ3) is 1.93. The van der Waals surface area contributed by atoms with Crippen molar-refractivity contribution in [1.29, 1.82) is 0 Å². The molecule has 2 aliphatic carbocycles. The summed E-state index contributed by atoms with van der Waals surface area (Å²) in [4.78, 5) is 53.4. The lowest BCUT2D eigenvalue weighted by Gasteiger charge is -2.32. The Kier molecular flexibility index (Phi) is 3.12. The van der Waals surface area contributed by atoms with Gasteiger partial charge in [0.15, 0.2) is 0 Å². The number of imide groups is 1. The van der Waals surface area contributed by atoms with Crippen LogP contribution in [0.5, 0.6) is 0 Å². The highest BCUT2D eigenvalue weighted by Crippen LogP contribution is 2.64. The molecule has 1 N–H and O–H groups in total. The van der Waals surface area contributed by atoms with Gasteiger partial charge >= 0.3 is 10.8 Å². The fraction of sp³-hybridized carbons (Fsp3) is 0.500. The first-order chi connectivity index (χ1) is 12.0. The first kappa shape index (κ1) is 15.4. The van der Waals surface area contributed by atoms with E-state index in [1.54, 1.807) is 11.8 Å². The lowest BCUT2D eigenvalue weighted by molar-refractivity contribution is -0.151. The Labute approximate surface area is 150 Å². The summed E-state index contributed by atoms with van der Waals surface area (Å²) in [6.45, 7) is -0.307. The number of hydrogen-bond acceptors (Lipinski definition) is 7. The Morgan fingerprint density at radius 1 is 1.32 bits per heavy atom. The van der Waals surface area contributed by atoms with E-state index >= 15 is 0 Å². The topological polar surface area (TPSA) is 96.5 Å². The van der Waals surface area contributed by atoms with Crippen LogP contribution in [0, 0.1) is 23.7 Å². The van der Waals surface area contributed by atoms with Crippen molar-refractivity contribution in [2.24, 2.45) is 23.7 Å². The number of rotatable bonds is 2. The van der Waals surface area contributed by atoms with Crippen LogP contribution < -0.4 is 4.87 Å². The van der Waals surface area contributed by atoms with E-state index < -0.39 is 5.97 Å². The summed E-state index contributed by atoms with van der Waals surface area (Å²) in [6.07, 6.45) is 2.85. The van der Waals surface area contributed by atoms with Crippen molar-refractivity contribution < 1.29 is 19.1 Å². The molecular formula is C16H14N2O5S2. The Morgan fingerprint density at radius 2 is 2.08 bits per heavy atom. The van der Waals surface area contributed by atoms with E-state index in [-0.39, 0.29) is 52.2 Å². The van der Waals surface area contributed by atoms with Gasteiger partial charge in [-0.15, -0.1) is 0 Å². The maximum Gasteiger partial charge on any atom is 0.325 e. The highest BCUT2D eigenvalue weighted by Gasteiger charge is 2.66. The molecule has 1 saturated heterocycles. The zero-order valence-corrected chi connectivity index (χ0v) is 14.8. The van der Waals surface area contributed by atoms with Crippen LogP contribution in [-0.4, -0.2) is 46.6 Å². The van der Waals surface area contributed by atoms with Crippen LogP contribution in [0.1, 0.15) is 11.3 Å². The number of esters is 1. The van der Waals surface area contributed by atoms with Crippen molar-refractivity contribution in [3.63, 3.8) is 0 Å². The van der Waals surface area contributed by atoms with Crippen molar-refractivity contribution in [2.45, 2.75) is 16.7 Å². The molecule has 5 rings (SSSR count). The number of aromatic nitrogens is 1. The molecule has 0 aromatic carbocycles. The zero-order valence-electron chi connectivity index (χ0n) is 13.2. The third-order valence-electron chi connectivity index (χ3n) is 5.76. The molecule has 1 aromatic rings. The molecule has 0 spiro atoms. The number of nitrogens with zero attached hydrogens (tertiary/aromatic N) is 1. The summed E-state index contributed by atoms with van der Waals surface area (Å²) >= 11 is 2.77. The summed E-state index contributed by atoms with van der Waals surface area (Å²) in [5, 5.41) is 0.981. The van der Waals surface area contributed by atoms with Crippen LogP contribution in [-0.2, 0) is 19.1 Å². The number of nitrogens with one attached hydrogen (secondary N) is 1. The summed E-state index contributed by atoms with van der Waals surface area (Å²) < 4.78 is 4.61. The zero-order chi connectivity index (χ0) is 17.5. The second-order valence-corrected chi connectivity index (χ2v) is 8.95. The molecule has 130 valence electrons. The van der Waals surface area contributed by atoms with Gasteiger partial charge in [-0.1, -0.05) is 28.7 Å². The number of methoxy groups -OCH3 is 1. The van der Waals surface area contributed by atoms with Gasteiger partial charge < -0.3 is 9.72 Å². The minimum atomic E-state index is -0.584. The van der Waals surface area contributed by atoms with Crippen LogP contribution in [0.3, 0.4) is 0 Å². The minimum absolute atomic E-state index is 0.0250. The van der Waals surface area contributed by atoms with Crippen LogP contribution in [0.25, 0.3) is 6.08 Å². The second kappa shape index (κ2) is 5.07. The van der Waals surface area contributed by atoms with Gasteiger partial charge in [0, 0.05) is 5.25 Å². The van der Waals surface area contributed by atoms with E-state index in [9.17, 15) is 19.2 Å². The fourth-order valence-electron chi connectivity index (χ4n) is 4.83. The molecule has 2 amide bonds. The molecule has 7 nitrogen and oxygen atoms in total. The number of aromatic amines is 1. The van der Waals surface area contributed by atoms with E-state index in [0.717, 1.165) is 21.2 Å². The maximum atomic E-state index is 12.8. The molecule has 25 heavy (non-hydrogen) atoms. The van der Waals surface area contributed by atoms with Gasteiger partial charge in [-0.3, -0.25) is 24.1 Å². The van der Waals surface area contributed by atoms with Gasteiger partial charge in [-0.05, 0) is 24.3 Å². The quantitative estimate of drug-likeness (QED) is 0.602. The monoisotopic (exact) mass is 378 g/mol. The number of amides is 2. The van der Waals surface area contributed by atoms with Crippen molar-refractivity contribution in [3.05, 3.63) is 20.1 Å². The number of carbonyl (C=O) groups excluding carboxylic acids is 3. The van der Waals surface area contributed by atoms with E-state index in [0.29, 0.717) is 0 Å². The summed E-state index contributed by atoms with van der Waals surface area (Å²) in [5.74, 6) is -1.73. The number of fused-ring (bicyclic) bond motifs is 9. The highest BCUT2D eigenvalue weighted by molar-refractivity contribution is 8.00. The second-order valence-electron chi connectivity index (χ2n) is 6.79. The number of carbonyl (C=O) groups is 3. The SMILES string of the molecule is COC(=O)CN1C(=O)[C@H]2[C@H]3C[C@@H](C4=Cc5sc(=O)[nH]c5S[C@@H]43)[C@H]2C1=O. The molecule has 4 aliphatic rings. The number of ether oxygens (including phenoxy) is 1. The Morgan fingerprint density at radius 3 is 2.84 bits per heavy atom. The van der Waals surface area contributed by atoms with Crippen LogP contribution >= 0.6 is 23.1 Å². The normalized spacial score (nSPS) is 34.7. The molecule has 1 aromatic heterocycles. The lowest BCUT2D eigenvalue weighted by atomic mass is 9.77. The molecule has 3 fully saturated rings. The molecular weight excluding hydrogens is 364 g/mol.